The molecule has 0 spiro atoms. The average Bonchev–Trinajstić information content (AvgIpc) is 3.20. The quantitative estimate of drug-likeness (QED) is 0.774. The summed E-state index contributed by atoms with van der Waals surface area (Å²) in [5.41, 5.74) is 8.93. The fraction of sp³-hybridized carbons (Fsp3) is 0.368. The van der Waals surface area contributed by atoms with Gasteiger partial charge in [-0.3, -0.25) is 0 Å². The molecular weight excluding hydrogens is 316 g/mol. The van der Waals surface area contributed by atoms with Crippen molar-refractivity contribution in [2.75, 3.05) is 12.3 Å². The lowest BCUT2D eigenvalue weighted by atomic mass is 10.00. The minimum atomic E-state index is -0.0119. The van der Waals surface area contributed by atoms with Crippen LogP contribution in [0.25, 0.3) is 5.52 Å². The number of ether oxygens (including phenoxy) is 2. The fourth-order valence-electron chi connectivity index (χ4n) is 3.47. The summed E-state index contributed by atoms with van der Waals surface area (Å²) in [5.74, 6) is 0.870. The maximum Gasteiger partial charge on any atom is 0.151 e. The number of hydrogen-bond donors (Lipinski definition) is 1. The van der Waals surface area contributed by atoms with Gasteiger partial charge in [0.05, 0.1) is 25.0 Å². The van der Waals surface area contributed by atoms with Gasteiger partial charge in [-0.2, -0.15) is 5.10 Å². The number of nitrogen functional groups attached to an aromatic ring is 1. The number of aromatic nitrogens is 3. The summed E-state index contributed by atoms with van der Waals surface area (Å²) in [6.07, 6.45) is 2.52. The van der Waals surface area contributed by atoms with Gasteiger partial charge in [0, 0.05) is 0 Å². The molecule has 2 N–H and O–H groups in total. The standard InChI is InChI=1S/C19H22N4O2/c1-13-9-15(11-24-10-14-5-3-2-4-6-14)25-18(13)16-7-8-17-19(20)21-12-22-23(16)17/h2-8,12-13,15,18H,9-11H2,1H3,(H2,20,21,22)/t13-,15+,18?/m1/s1. The van der Waals surface area contributed by atoms with Crippen LogP contribution in [0.1, 0.15) is 30.7 Å². The van der Waals surface area contributed by atoms with Gasteiger partial charge >= 0.3 is 0 Å². The summed E-state index contributed by atoms with van der Waals surface area (Å²) in [6, 6.07) is 14.2. The van der Waals surface area contributed by atoms with Crippen LogP contribution in [0.5, 0.6) is 0 Å². The molecule has 25 heavy (non-hydrogen) atoms. The highest BCUT2D eigenvalue weighted by atomic mass is 16.5. The molecule has 1 aliphatic rings. The summed E-state index contributed by atoms with van der Waals surface area (Å²) >= 11 is 0. The average molecular weight is 338 g/mol. The molecule has 3 aromatic rings. The minimum Gasteiger partial charge on any atom is -0.382 e. The van der Waals surface area contributed by atoms with Crippen molar-refractivity contribution in [3.63, 3.8) is 0 Å². The second kappa shape index (κ2) is 6.82. The number of nitrogens with two attached hydrogens (primary N) is 1. The van der Waals surface area contributed by atoms with Crippen molar-refractivity contribution < 1.29 is 9.47 Å². The van der Waals surface area contributed by atoms with E-state index in [-0.39, 0.29) is 12.2 Å². The number of fused-ring (bicyclic) bond motifs is 1. The van der Waals surface area contributed by atoms with E-state index in [1.165, 1.54) is 11.9 Å². The van der Waals surface area contributed by atoms with Crippen molar-refractivity contribution in [3.05, 3.63) is 60.0 Å². The molecule has 0 aliphatic carbocycles. The number of rotatable bonds is 5. The summed E-state index contributed by atoms with van der Waals surface area (Å²) in [4.78, 5) is 4.04. The maximum atomic E-state index is 6.26. The van der Waals surface area contributed by atoms with Crippen LogP contribution < -0.4 is 5.73 Å². The SMILES string of the molecule is C[C@@H]1C[C@@H](COCc2ccccc2)OC1c1ccc2c(N)ncnn12. The van der Waals surface area contributed by atoms with Crippen LogP contribution in [0, 0.1) is 5.92 Å². The Bertz CT molecular complexity index is 849. The molecule has 0 bridgehead atoms. The molecule has 6 nitrogen and oxygen atoms in total. The van der Waals surface area contributed by atoms with Crippen molar-refractivity contribution in [1.82, 2.24) is 14.6 Å². The third-order valence-electron chi connectivity index (χ3n) is 4.71. The van der Waals surface area contributed by atoms with Gasteiger partial charge in [-0.1, -0.05) is 37.3 Å². The number of nitrogens with zero attached hydrogens (tertiary/aromatic N) is 3. The van der Waals surface area contributed by atoms with E-state index in [0.29, 0.717) is 24.9 Å². The molecule has 1 saturated heterocycles. The van der Waals surface area contributed by atoms with Crippen molar-refractivity contribution >= 4 is 11.3 Å². The van der Waals surface area contributed by atoms with Crippen LogP contribution in [0.3, 0.4) is 0 Å². The highest BCUT2D eigenvalue weighted by Crippen LogP contribution is 2.38. The lowest BCUT2D eigenvalue weighted by Crippen LogP contribution is -2.15. The van der Waals surface area contributed by atoms with Crippen LogP contribution >= 0.6 is 0 Å². The van der Waals surface area contributed by atoms with Crippen molar-refractivity contribution in [2.45, 2.75) is 32.2 Å². The first-order chi connectivity index (χ1) is 12.2. The molecule has 0 radical (unpaired) electrons. The topological polar surface area (TPSA) is 74.7 Å². The van der Waals surface area contributed by atoms with E-state index in [4.69, 9.17) is 15.2 Å². The highest BCUT2D eigenvalue weighted by Gasteiger charge is 2.35. The fourth-order valence-corrected chi connectivity index (χ4v) is 3.47. The molecule has 3 heterocycles. The molecule has 0 amide bonds. The summed E-state index contributed by atoms with van der Waals surface area (Å²) in [5, 5.41) is 4.32. The molecule has 1 aliphatic heterocycles. The molecule has 1 unspecified atom stereocenters. The van der Waals surface area contributed by atoms with Gasteiger partial charge in [0.25, 0.3) is 0 Å². The van der Waals surface area contributed by atoms with Gasteiger partial charge in [0.1, 0.15) is 17.9 Å². The molecule has 3 atom stereocenters. The first kappa shape index (κ1) is 16.1. The van der Waals surface area contributed by atoms with Gasteiger partial charge in [-0.05, 0) is 30.0 Å². The van der Waals surface area contributed by atoms with Crippen molar-refractivity contribution in [1.29, 1.82) is 0 Å². The van der Waals surface area contributed by atoms with Crippen LogP contribution in [-0.4, -0.2) is 27.3 Å². The Hall–Kier alpha value is -2.44. The Balaban J connectivity index is 1.41. The van der Waals surface area contributed by atoms with Crippen LogP contribution in [0.15, 0.2) is 48.8 Å². The largest absolute Gasteiger partial charge is 0.382 e. The molecule has 6 heteroatoms. The zero-order valence-corrected chi connectivity index (χ0v) is 14.2. The zero-order valence-electron chi connectivity index (χ0n) is 14.2. The van der Waals surface area contributed by atoms with E-state index in [2.05, 4.69) is 29.1 Å². The lowest BCUT2D eigenvalue weighted by Gasteiger charge is -2.16. The van der Waals surface area contributed by atoms with E-state index in [9.17, 15) is 0 Å². The smallest absolute Gasteiger partial charge is 0.151 e. The lowest BCUT2D eigenvalue weighted by molar-refractivity contribution is -0.0255. The monoisotopic (exact) mass is 338 g/mol. The molecule has 4 rings (SSSR count). The molecule has 130 valence electrons. The summed E-state index contributed by atoms with van der Waals surface area (Å²) < 4.78 is 13.9. The van der Waals surface area contributed by atoms with Crippen LogP contribution in [0.2, 0.25) is 0 Å². The summed E-state index contributed by atoms with van der Waals surface area (Å²) in [7, 11) is 0. The Morgan fingerprint density at radius 3 is 2.92 bits per heavy atom. The van der Waals surface area contributed by atoms with Crippen molar-refractivity contribution in [2.24, 2.45) is 5.92 Å². The first-order valence-electron chi connectivity index (χ1n) is 8.57. The molecule has 1 aromatic carbocycles. The van der Waals surface area contributed by atoms with E-state index < -0.39 is 0 Å². The van der Waals surface area contributed by atoms with E-state index >= 15 is 0 Å². The van der Waals surface area contributed by atoms with Gasteiger partial charge in [0.2, 0.25) is 0 Å². The van der Waals surface area contributed by atoms with Gasteiger partial charge in [0.15, 0.2) is 5.82 Å². The van der Waals surface area contributed by atoms with Gasteiger partial charge < -0.3 is 15.2 Å². The number of anilines is 1. The Labute approximate surface area is 146 Å². The number of hydrogen-bond acceptors (Lipinski definition) is 5. The second-order valence-electron chi connectivity index (χ2n) is 6.59. The van der Waals surface area contributed by atoms with Crippen LogP contribution in [0.4, 0.5) is 5.82 Å². The van der Waals surface area contributed by atoms with E-state index in [1.807, 2.05) is 34.8 Å². The Morgan fingerprint density at radius 1 is 1.24 bits per heavy atom. The first-order valence-corrected chi connectivity index (χ1v) is 8.57. The predicted octanol–water partition coefficient (Wildman–Crippen LogP) is 2.99. The highest BCUT2D eigenvalue weighted by molar-refractivity contribution is 5.65. The third-order valence-corrected chi connectivity index (χ3v) is 4.71. The molecule has 1 fully saturated rings. The Morgan fingerprint density at radius 2 is 2.08 bits per heavy atom. The Kier molecular flexibility index (Phi) is 4.38. The third kappa shape index (κ3) is 3.23. The maximum absolute atomic E-state index is 6.26. The minimum absolute atomic E-state index is 0.0119. The zero-order chi connectivity index (χ0) is 17.2. The van der Waals surface area contributed by atoms with Gasteiger partial charge in [-0.15, -0.1) is 0 Å². The molecule has 2 aromatic heterocycles. The van der Waals surface area contributed by atoms with Crippen LogP contribution in [-0.2, 0) is 16.1 Å². The molecule has 0 saturated carbocycles. The van der Waals surface area contributed by atoms with Gasteiger partial charge in [-0.25, -0.2) is 9.50 Å². The number of benzene rings is 1. The van der Waals surface area contributed by atoms with Crippen molar-refractivity contribution in [3.8, 4) is 0 Å². The summed E-state index contributed by atoms with van der Waals surface area (Å²) in [6.45, 7) is 3.40. The molecular formula is C19H22N4O2. The van der Waals surface area contributed by atoms with E-state index in [1.54, 1.807) is 0 Å². The second-order valence-corrected chi connectivity index (χ2v) is 6.59. The predicted molar refractivity (Wildman–Crippen MR) is 94.9 cm³/mol. The van der Waals surface area contributed by atoms with E-state index in [0.717, 1.165) is 17.6 Å². The normalized spacial score (nSPS) is 23.3.